The molecule has 0 radical (unpaired) electrons. The third-order valence-electron chi connectivity index (χ3n) is 4.99. The van der Waals surface area contributed by atoms with E-state index in [2.05, 4.69) is 0 Å². The molecule has 1 aromatic carbocycles. The Morgan fingerprint density at radius 1 is 1.36 bits per heavy atom. The Morgan fingerprint density at radius 2 is 2.08 bits per heavy atom. The van der Waals surface area contributed by atoms with E-state index in [0.717, 1.165) is 0 Å². The summed E-state index contributed by atoms with van der Waals surface area (Å²) >= 11 is 0. The quantitative estimate of drug-likeness (QED) is 0.829. The van der Waals surface area contributed by atoms with Gasteiger partial charge in [-0.2, -0.15) is 0 Å². The molecule has 1 aliphatic heterocycles. The number of hydrogen-bond acceptors (Lipinski definition) is 4. The SMILES string of the molecule is COCC1(CC(N)=O)CN(C(=O)C2(c3ccccc3F)CC2)CCO1. The van der Waals surface area contributed by atoms with Gasteiger partial charge in [0, 0.05) is 19.2 Å². The van der Waals surface area contributed by atoms with Gasteiger partial charge in [0.25, 0.3) is 0 Å². The maximum absolute atomic E-state index is 14.2. The number of carbonyl (C=O) groups is 2. The van der Waals surface area contributed by atoms with Gasteiger partial charge in [-0.1, -0.05) is 18.2 Å². The number of rotatable bonds is 6. The summed E-state index contributed by atoms with van der Waals surface area (Å²) < 4.78 is 25.2. The standard InChI is InChI=1S/C18H23FN2O4/c1-24-12-17(10-15(20)22)11-21(8-9-25-17)16(23)18(6-7-18)13-4-2-3-5-14(13)19/h2-5H,6-12H2,1H3,(H2,20,22). The molecule has 1 aliphatic carbocycles. The van der Waals surface area contributed by atoms with Crippen LogP contribution in [0.15, 0.2) is 24.3 Å². The number of amides is 2. The van der Waals surface area contributed by atoms with Crippen LogP contribution in [0.3, 0.4) is 0 Å². The molecule has 7 heteroatoms. The van der Waals surface area contributed by atoms with E-state index in [9.17, 15) is 14.0 Å². The molecule has 1 saturated heterocycles. The Labute approximate surface area is 146 Å². The second-order valence-electron chi connectivity index (χ2n) is 6.90. The van der Waals surface area contributed by atoms with E-state index >= 15 is 0 Å². The van der Waals surface area contributed by atoms with Crippen LogP contribution in [0.25, 0.3) is 0 Å². The summed E-state index contributed by atoms with van der Waals surface area (Å²) in [6.45, 7) is 1.06. The van der Waals surface area contributed by atoms with Crippen molar-refractivity contribution in [1.82, 2.24) is 4.90 Å². The van der Waals surface area contributed by atoms with Gasteiger partial charge in [-0.3, -0.25) is 9.59 Å². The number of nitrogens with two attached hydrogens (primary N) is 1. The van der Waals surface area contributed by atoms with E-state index < -0.39 is 16.9 Å². The van der Waals surface area contributed by atoms with E-state index in [1.54, 1.807) is 23.1 Å². The fraction of sp³-hybridized carbons (Fsp3) is 0.556. The second-order valence-corrected chi connectivity index (χ2v) is 6.90. The smallest absolute Gasteiger partial charge is 0.233 e. The van der Waals surface area contributed by atoms with Crippen molar-refractivity contribution < 1.29 is 23.5 Å². The molecule has 1 aromatic rings. The van der Waals surface area contributed by atoms with Crippen molar-refractivity contribution in [1.29, 1.82) is 0 Å². The third-order valence-corrected chi connectivity index (χ3v) is 4.99. The van der Waals surface area contributed by atoms with Crippen LogP contribution >= 0.6 is 0 Å². The number of benzene rings is 1. The highest BCUT2D eigenvalue weighted by atomic mass is 19.1. The summed E-state index contributed by atoms with van der Waals surface area (Å²) in [5, 5.41) is 0. The van der Waals surface area contributed by atoms with E-state index in [-0.39, 0.29) is 37.9 Å². The fourth-order valence-corrected chi connectivity index (χ4v) is 3.72. The minimum atomic E-state index is -0.945. The molecular weight excluding hydrogens is 327 g/mol. The van der Waals surface area contributed by atoms with Gasteiger partial charge in [-0.15, -0.1) is 0 Å². The summed E-state index contributed by atoms with van der Waals surface area (Å²) in [6, 6.07) is 6.41. The van der Waals surface area contributed by atoms with Crippen LogP contribution in [0, 0.1) is 5.82 Å². The van der Waals surface area contributed by atoms with Gasteiger partial charge in [0.1, 0.15) is 11.4 Å². The Bertz CT molecular complexity index is 673. The second kappa shape index (κ2) is 6.72. The Balaban J connectivity index is 1.82. The first-order valence-corrected chi connectivity index (χ1v) is 8.38. The van der Waals surface area contributed by atoms with Crippen LogP contribution in [-0.2, 0) is 24.5 Å². The topological polar surface area (TPSA) is 81.9 Å². The number of methoxy groups -OCH3 is 1. The van der Waals surface area contributed by atoms with Gasteiger partial charge in [0.2, 0.25) is 11.8 Å². The van der Waals surface area contributed by atoms with Crippen LogP contribution in [0.2, 0.25) is 0 Å². The predicted molar refractivity (Wildman–Crippen MR) is 88.3 cm³/mol. The van der Waals surface area contributed by atoms with Gasteiger partial charge in [0.05, 0.1) is 31.6 Å². The maximum atomic E-state index is 14.2. The summed E-state index contributed by atoms with van der Waals surface area (Å²) in [6.07, 6.45) is 1.21. The van der Waals surface area contributed by atoms with Crippen LogP contribution in [0.5, 0.6) is 0 Å². The molecule has 0 spiro atoms. The Kier molecular flexibility index (Phi) is 4.79. The molecule has 2 amide bonds. The number of morpholine rings is 1. The van der Waals surface area contributed by atoms with Crippen molar-refractivity contribution in [3.8, 4) is 0 Å². The number of nitrogens with zero attached hydrogens (tertiary/aromatic N) is 1. The van der Waals surface area contributed by atoms with E-state index in [4.69, 9.17) is 15.2 Å². The van der Waals surface area contributed by atoms with Gasteiger partial charge in [-0.05, 0) is 18.9 Å². The summed E-state index contributed by atoms with van der Waals surface area (Å²) in [7, 11) is 1.51. The minimum absolute atomic E-state index is 0.0304. The van der Waals surface area contributed by atoms with E-state index in [1.807, 2.05) is 0 Å². The molecule has 136 valence electrons. The molecule has 1 unspecified atom stereocenters. The lowest BCUT2D eigenvalue weighted by molar-refractivity contribution is -0.167. The molecule has 6 nitrogen and oxygen atoms in total. The molecule has 1 saturated carbocycles. The molecule has 0 bridgehead atoms. The zero-order chi connectivity index (χ0) is 18.1. The average Bonchev–Trinajstić information content (AvgIpc) is 3.36. The lowest BCUT2D eigenvalue weighted by Crippen LogP contribution is -2.58. The number of hydrogen-bond donors (Lipinski definition) is 1. The van der Waals surface area contributed by atoms with Crippen molar-refractivity contribution in [2.24, 2.45) is 5.73 Å². The molecule has 25 heavy (non-hydrogen) atoms. The average molecular weight is 350 g/mol. The van der Waals surface area contributed by atoms with Crippen LogP contribution in [0.1, 0.15) is 24.8 Å². The maximum Gasteiger partial charge on any atom is 0.233 e. The van der Waals surface area contributed by atoms with Gasteiger partial charge in [0.15, 0.2) is 0 Å². The van der Waals surface area contributed by atoms with Gasteiger partial charge >= 0.3 is 0 Å². The van der Waals surface area contributed by atoms with Gasteiger partial charge in [-0.25, -0.2) is 4.39 Å². The molecule has 1 heterocycles. The van der Waals surface area contributed by atoms with Gasteiger partial charge < -0.3 is 20.1 Å². The first-order chi connectivity index (χ1) is 11.9. The molecule has 2 N–H and O–H groups in total. The van der Waals surface area contributed by atoms with Crippen molar-refractivity contribution in [3.05, 3.63) is 35.6 Å². The van der Waals surface area contributed by atoms with E-state index in [0.29, 0.717) is 24.9 Å². The normalized spacial score (nSPS) is 24.8. The zero-order valence-electron chi connectivity index (χ0n) is 14.3. The third kappa shape index (κ3) is 3.39. The predicted octanol–water partition coefficient (Wildman–Crippen LogP) is 0.977. The fourth-order valence-electron chi connectivity index (χ4n) is 3.72. The Morgan fingerprint density at radius 3 is 2.68 bits per heavy atom. The molecule has 2 fully saturated rings. The van der Waals surface area contributed by atoms with Crippen molar-refractivity contribution in [2.45, 2.75) is 30.3 Å². The van der Waals surface area contributed by atoms with Crippen LogP contribution < -0.4 is 5.73 Å². The molecular formula is C18H23FN2O4. The van der Waals surface area contributed by atoms with Crippen molar-refractivity contribution in [2.75, 3.05) is 33.4 Å². The van der Waals surface area contributed by atoms with Crippen LogP contribution in [0.4, 0.5) is 4.39 Å². The largest absolute Gasteiger partial charge is 0.382 e. The molecule has 0 aromatic heterocycles. The first kappa shape index (κ1) is 17.8. The monoisotopic (exact) mass is 350 g/mol. The zero-order valence-corrected chi connectivity index (χ0v) is 14.3. The minimum Gasteiger partial charge on any atom is -0.382 e. The lowest BCUT2D eigenvalue weighted by atomic mass is 9.91. The Hall–Kier alpha value is -1.99. The summed E-state index contributed by atoms with van der Waals surface area (Å²) in [5.74, 6) is -0.991. The summed E-state index contributed by atoms with van der Waals surface area (Å²) in [5.41, 5.74) is 4.04. The highest BCUT2D eigenvalue weighted by Crippen LogP contribution is 2.50. The first-order valence-electron chi connectivity index (χ1n) is 8.38. The van der Waals surface area contributed by atoms with E-state index in [1.165, 1.54) is 13.2 Å². The highest BCUT2D eigenvalue weighted by Gasteiger charge is 2.55. The molecule has 3 rings (SSSR count). The van der Waals surface area contributed by atoms with Crippen molar-refractivity contribution in [3.63, 3.8) is 0 Å². The van der Waals surface area contributed by atoms with Crippen molar-refractivity contribution >= 4 is 11.8 Å². The molecule has 1 atom stereocenters. The number of carbonyl (C=O) groups excluding carboxylic acids is 2. The molecule has 2 aliphatic rings. The van der Waals surface area contributed by atoms with Crippen LogP contribution in [-0.4, -0.2) is 55.7 Å². The summed E-state index contributed by atoms with van der Waals surface area (Å²) in [4.78, 5) is 26.3. The number of primary amides is 1. The number of ether oxygens (including phenoxy) is 2. The lowest BCUT2D eigenvalue weighted by Gasteiger charge is -2.43. The number of halogens is 1. The highest BCUT2D eigenvalue weighted by molar-refractivity contribution is 5.91.